The van der Waals surface area contributed by atoms with E-state index in [0.717, 1.165) is 17.6 Å². The fourth-order valence-electron chi connectivity index (χ4n) is 2.64. The van der Waals surface area contributed by atoms with Crippen molar-refractivity contribution in [2.45, 2.75) is 54.9 Å². The van der Waals surface area contributed by atoms with Crippen molar-refractivity contribution in [3.63, 3.8) is 0 Å². The summed E-state index contributed by atoms with van der Waals surface area (Å²) in [7, 11) is 5.37. The molecule has 1 unspecified atom stereocenters. The third-order valence-corrected chi connectivity index (χ3v) is 4.48. The molecule has 0 saturated heterocycles. The zero-order valence-corrected chi connectivity index (χ0v) is 20.3. The lowest BCUT2D eigenvalue weighted by Gasteiger charge is -2.02. The molecular weight excluding hydrogens is 377 g/mol. The van der Waals surface area contributed by atoms with E-state index in [1.165, 1.54) is 22.9 Å². The summed E-state index contributed by atoms with van der Waals surface area (Å²) in [4.78, 5) is 13.5. The Morgan fingerprint density at radius 3 is 2.16 bits per heavy atom. The Balaban J connectivity index is 0.000000582. The zero-order chi connectivity index (χ0) is 23.8. The smallest absolute Gasteiger partial charge is 0.150 e. The number of fused-ring (bicyclic) bond motifs is 1. The molecule has 0 aliphatic heterocycles. The van der Waals surface area contributed by atoms with Gasteiger partial charge in [-0.05, 0) is 24.5 Å². The Morgan fingerprint density at radius 2 is 1.65 bits per heavy atom. The van der Waals surface area contributed by atoms with Crippen molar-refractivity contribution in [3.05, 3.63) is 78.0 Å². The van der Waals surface area contributed by atoms with Crippen LogP contribution in [-0.4, -0.2) is 19.1 Å². The van der Waals surface area contributed by atoms with E-state index in [1.807, 2.05) is 34.6 Å². The quantitative estimate of drug-likeness (QED) is 0.338. The highest BCUT2D eigenvalue weighted by molar-refractivity contribution is 6.32. The number of aldehydes is 1. The summed E-state index contributed by atoms with van der Waals surface area (Å²) >= 11 is 0. The average Bonchev–Trinajstić information content (AvgIpc) is 3.20. The van der Waals surface area contributed by atoms with Crippen molar-refractivity contribution in [2.75, 3.05) is 0 Å². The number of allylic oxidation sites excluding steroid dienone is 2. The number of rotatable bonds is 5. The highest BCUT2D eigenvalue weighted by Crippen LogP contribution is 2.28. The summed E-state index contributed by atoms with van der Waals surface area (Å²) in [6.07, 6.45) is 6.47. The zero-order valence-electron chi connectivity index (χ0n) is 20.3. The van der Waals surface area contributed by atoms with E-state index in [4.69, 9.17) is 7.85 Å². The number of aromatic nitrogens is 1. The lowest BCUT2D eigenvalue weighted by atomic mass is 9.96. The number of hydrogen-bond acceptors (Lipinski definition) is 1. The third kappa shape index (κ3) is 9.25. The average molecular weight is 415 g/mol. The van der Waals surface area contributed by atoms with Gasteiger partial charge in [0.25, 0.3) is 0 Å². The van der Waals surface area contributed by atoms with Crippen LogP contribution in [-0.2, 0) is 0 Å². The first-order valence-corrected chi connectivity index (χ1v) is 11.2. The van der Waals surface area contributed by atoms with Crippen molar-refractivity contribution < 1.29 is 4.79 Å². The van der Waals surface area contributed by atoms with E-state index in [0.29, 0.717) is 16.9 Å². The number of H-pyrrole nitrogens is 1. The van der Waals surface area contributed by atoms with Gasteiger partial charge in [-0.15, -0.1) is 0 Å². The van der Waals surface area contributed by atoms with E-state index in [1.54, 1.807) is 24.3 Å². The molecule has 1 heterocycles. The van der Waals surface area contributed by atoms with Gasteiger partial charge in [-0.2, -0.15) is 0 Å². The summed E-state index contributed by atoms with van der Waals surface area (Å²) in [6, 6.07) is 15.2. The molecule has 2 radical (unpaired) electrons. The van der Waals surface area contributed by atoms with E-state index < -0.39 is 0 Å². The topological polar surface area (TPSA) is 32.9 Å². The Bertz CT molecular complexity index is 935. The van der Waals surface area contributed by atoms with E-state index in [-0.39, 0.29) is 0 Å². The fraction of sp³-hybridized carbons (Fsp3) is 0.321. The first-order chi connectivity index (χ1) is 15.0. The third-order valence-electron chi connectivity index (χ3n) is 4.48. The van der Waals surface area contributed by atoms with Crippen molar-refractivity contribution in [2.24, 2.45) is 5.92 Å². The predicted octanol–water partition coefficient (Wildman–Crippen LogP) is 7.61. The maximum Gasteiger partial charge on any atom is 0.150 e. The minimum atomic E-state index is 0.608. The Morgan fingerprint density at radius 1 is 1.06 bits per heavy atom. The fourth-order valence-corrected chi connectivity index (χ4v) is 2.64. The van der Waals surface area contributed by atoms with Crippen molar-refractivity contribution >= 4 is 42.1 Å². The largest absolute Gasteiger partial charge is 0.354 e. The van der Waals surface area contributed by atoms with Crippen molar-refractivity contribution in [1.82, 2.24) is 4.98 Å². The van der Waals surface area contributed by atoms with Gasteiger partial charge in [0.05, 0.1) is 0 Å². The van der Waals surface area contributed by atoms with E-state index >= 15 is 0 Å². The summed E-state index contributed by atoms with van der Waals surface area (Å²) in [5, 5.41) is 1.27. The number of hydrogen-bond donors (Lipinski definition) is 1. The molecule has 3 aromatic rings. The maximum atomic E-state index is 10.1. The summed E-state index contributed by atoms with van der Waals surface area (Å²) in [5.74, 6) is 0.608. The minimum absolute atomic E-state index is 0.608. The van der Waals surface area contributed by atoms with Crippen molar-refractivity contribution in [3.8, 4) is 0 Å². The molecule has 3 heteroatoms. The summed E-state index contributed by atoms with van der Waals surface area (Å²) in [6.45, 7) is 18.6. The molecule has 0 amide bonds. The highest BCUT2D eigenvalue weighted by Gasteiger charge is 2.09. The predicted molar refractivity (Wildman–Crippen MR) is 141 cm³/mol. The van der Waals surface area contributed by atoms with Crippen LogP contribution in [0.4, 0.5) is 0 Å². The molecule has 0 saturated carbocycles. The SMILES string of the molecule is C=C(C)c1[nH]c2ccccc2c1/C=C\C(C)CC.CC.CC.[B]c1ccc(C=O)cc1. The van der Waals surface area contributed by atoms with Crippen LogP contribution in [0.5, 0.6) is 0 Å². The van der Waals surface area contributed by atoms with Gasteiger partial charge in [-0.1, -0.05) is 115 Å². The molecule has 1 N–H and O–H groups in total. The Labute approximate surface area is 190 Å². The molecule has 0 fully saturated rings. The minimum Gasteiger partial charge on any atom is -0.354 e. The first kappa shape index (κ1) is 28.2. The van der Waals surface area contributed by atoms with Crippen LogP contribution >= 0.6 is 0 Å². The first-order valence-electron chi connectivity index (χ1n) is 11.2. The molecule has 1 atom stereocenters. The monoisotopic (exact) mass is 415 g/mol. The van der Waals surface area contributed by atoms with Gasteiger partial charge in [0, 0.05) is 27.7 Å². The number of carbonyl (C=O) groups is 1. The molecular formula is C28H38BNO. The highest BCUT2D eigenvalue weighted by atomic mass is 16.1. The van der Waals surface area contributed by atoms with Crippen LogP contribution < -0.4 is 5.46 Å². The van der Waals surface area contributed by atoms with Crippen LogP contribution in [0.1, 0.15) is 76.5 Å². The normalized spacial score (nSPS) is 10.7. The second kappa shape index (κ2) is 16.0. The number of carbonyl (C=O) groups excluding carboxylic acids is 1. The Hall–Kier alpha value is -2.81. The lowest BCUT2D eigenvalue weighted by molar-refractivity contribution is 0.112. The van der Waals surface area contributed by atoms with Gasteiger partial charge < -0.3 is 4.98 Å². The molecule has 2 aromatic carbocycles. The molecule has 31 heavy (non-hydrogen) atoms. The van der Waals surface area contributed by atoms with E-state index in [9.17, 15) is 4.79 Å². The van der Waals surface area contributed by atoms with Gasteiger partial charge in [0.2, 0.25) is 0 Å². The van der Waals surface area contributed by atoms with Gasteiger partial charge >= 0.3 is 0 Å². The van der Waals surface area contributed by atoms with Gasteiger partial charge in [-0.3, -0.25) is 4.79 Å². The lowest BCUT2D eigenvalue weighted by Crippen LogP contribution is -1.99. The standard InChI is InChI=1S/C17H21N.C7H5BO.2C2H6/c1-5-13(4)10-11-15-14-8-6-7-9-16(14)18-17(15)12(2)3;8-7-3-1-6(5-9)2-4-7;2*1-2/h6-11,13,18H,2,5H2,1,3-4H3;1-5H;2*1-2H3/b11-10-;;;. The molecule has 164 valence electrons. The number of benzene rings is 2. The van der Waals surface area contributed by atoms with Crippen LogP contribution in [0.2, 0.25) is 0 Å². The summed E-state index contributed by atoms with van der Waals surface area (Å²) < 4.78 is 0. The molecule has 0 aliphatic rings. The molecule has 0 aliphatic carbocycles. The van der Waals surface area contributed by atoms with Crippen LogP contribution in [0, 0.1) is 5.92 Å². The molecule has 2 nitrogen and oxygen atoms in total. The van der Waals surface area contributed by atoms with Crippen LogP contribution in [0.15, 0.2) is 61.2 Å². The van der Waals surface area contributed by atoms with Gasteiger partial charge in [0.15, 0.2) is 0 Å². The molecule has 0 bridgehead atoms. The van der Waals surface area contributed by atoms with E-state index in [2.05, 4.69) is 61.8 Å². The second-order valence-corrected chi connectivity index (χ2v) is 6.77. The van der Waals surface area contributed by atoms with Crippen molar-refractivity contribution in [1.29, 1.82) is 0 Å². The summed E-state index contributed by atoms with van der Waals surface area (Å²) in [5.41, 5.74) is 6.01. The Kier molecular flexibility index (Phi) is 14.5. The van der Waals surface area contributed by atoms with Gasteiger partial charge in [-0.25, -0.2) is 0 Å². The van der Waals surface area contributed by atoms with Crippen LogP contribution in [0.25, 0.3) is 22.6 Å². The van der Waals surface area contributed by atoms with Crippen LogP contribution in [0.3, 0.4) is 0 Å². The van der Waals surface area contributed by atoms with Gasteiger partial charge in [0.1, 0.15) is 14.1 Å². The maximum absolute atomic E-state index is 10.1. The number of para-hydroxylation sites is 1. The number of nitrogens with one attached hydrogen (secondary N) is 1. The molecule has 0 spiro atoms. The molecule has 1 aromatic heterocycles. The number of aromatic amines is 1. The second-order valence-electron chi connectivity index (χ2n) is 6.77. The molecule has 3 rings (SSSR count).